The lowest BCUT2D eigenvalue weighted by Gasteiger charge is -2.14. The molecule has 0 fully saturated rings. The quantitative estimate of drug-likeness (QED) is 0.835. The fourth-order valence-electron chi connectivity index (χ4n) is 1.90. The van der Waals surface area contributed by atoms with E-state index >= 15 is 0 Å². The zero-order valence-electron chi connectivity index (χ0n) is 9.20. The van der Waals surface area contributed by atoms with Gasteiger partial charge in [-0.15, -0.1) is 0 Å². The summed E-state index contributed by atoms with van der Waals surface area (Å²) in [5, 5.41) is 7.82. The summed E-state index contributed by atoms with van der Waals surface area (Å²) in [6, 6.07) is 2.21. The highest BCUT2D eigenvalue weighted by Gasteiger charge is 2.12. The molecule has 0 radical (unpaired) electrons. The summed E-state index contributed by atoms with van der Waals surface area (Å²) >= 11 is 1.77. The first kappa shape index (κ1) is 10.7. The van der Waals surface area contributed by atoms with Crippen molar-refractivity contribution in [3.8, 4) is 0 Å². The van der Waals surface area contributed by atoms with Gasteiger partial charge < -0.3 is 5.32 Å². The van der Waals surface area contributed by atoms with Crippen LogP contribution in [-0.4, -0.2) is 18.9 Å². The van der Waals surface area contributed by atoms with Crippen LogP contribution >= 0.6 is 11.3 Å². The number of hydrogen-bond donors (Lipinski definition) is 1. The van der Waals surface area contributed by atoms with E-state index in [1.807, 2.05) is 0 Å². The average Bonchev–Trinajstić information content (AvgIpc) is 2.58. The molecule has 2 rings (SSSR count). The fraction of sp³-hybridized carbons (Fsp3) is 0.583. The van der Waals surface area contributed by atoms with E-state index in [-0.39, 0.29) is 0 Å². The maximum atomic E-state index is 4.61. The molecule has 0 amide bonds. The summed E-state index contributed by atoms with van der Waals surface area (Å²) in [7, 11) is 0. The van der Waals surface area contributed by atoms with Crippen LogP contribution in [0.1, 0.15) is 25.3 Å². The third kappa shape index (κ3) is 3.06. The van der Waals surface area contributed by atoms with Crippen molar-refractivity contribution >= 4 is 17.2 Å². The van der Waals surface area contributed by atoms with Crippen LogP contribution in [0.4, 0.5) is 0 Å². The standard InChI is InChI=1S/C12H18N2S/c1-10(8-11-4-7-15-9-11)12-13-5-2-3-6-14-12/h4,7,9-10H,2-3,5-6,8H2,1H3,(H,13,14)/t10-/m0/s1. The third-order valence-electron chi connectivity index (χ3n) is 2.76. The average molecular weight is 222 g/mol. The van der Waals surface area contributed by atoms with Crippen molar-refractivity contribution in [2.75, 3.05) is 13.1 Å². The number of amidine groups is 1. The topological polar surface area (TPSA) is 24.4 Å². The van der Waals surface area contributed by atoms with E-state index in [9.17, 15) is 0 Å². The molecule has 1 aliphatic rings. The molecule has 2 heterocycles. The summed E-state index contributed by atoms with van der Waals surface area (Å²) in [5.41, 5.74) is 1.43. The highest BCUT2D eigenvalue weighted by atomic mass is 32.1. The van der Waals surface area contributed by atoms with Crippen molar-refractivity contribution in [2.45, 2.75) is 26.2 Å². The zero-order valence-corrected chi connectivity index (χ0v) is 10.0. The molecule has 0 bridgehead atoms. The molecule has 0 aromatic carbocycles. The minimum Gasteiger partial charge on any atom is -0.374 e. The molecule has 15 heavy (non-hydrogen) atoms. The van der Waals surface area contributed by atoms with Crippen molar-refractivity contribution in [3.63, 3.8) is 0 Å². The van der Waals surface area contributed by atoms with Crippen LogP contribution in [0.15, 0.2) is 21.8 Å². The Bertz CT molecular complexity index is 316. The molecule has 1 aliphatic heterocycles. The predicted molar refractivity (Wildman–Crippen MR) is 66.7 cm³/mol. The molecule has 82 valence electrons. The molecule has 1 atom stereocenters. The monoisotopic (exact) mass is 222 g/mol. The zero-order chi connectivity index (χ0) is 10.5. The van der Waals surface area contributed by atoms with Crippen LogP contribution in [0.3, 0.4) is 0 Å². The van der Waals surface area contributed by atoms with Crippen molar-refractivity contribution < 1.29 is 0 Å². The third-order valence-corrected chi connectivity index (χ3v) is 3.49. The second-order valence-electron chi connectivity index (χ2n) is 4.14. The molecule has 1 aromatic heterocycles. The number of hydrogen-bond acceptors (Lipinski definition) is 3. The Kier molecular flexibility index (Phi) is 3.78. The highest BCUT2D eigenvalue weighted by Crippen LogP contribution is 2.13. The first-order chi connectivity index (χ1) is 7.36. The summed E-state index contributed by atoms with van der Waals surface area (Å²) in [6.45, 7) is 4.35. The molecule has 0 saturated carbocycles. The predicted octanol–water partition coefficient (Wildman–Crippen LogP) is 2.71. The van der Waals surface area contributed by atoms with Gasteiger partial charge in [-0.1, -0.05) is 6.92 Å². The molecule has 0 unspecified atom stereocenters. The smallest absolute Gasteiger partial charge is 0.0994 e. The summed E-state index contributed by atoms with van der Waals surface area (Å²) in [4.78, 5) is 4.61. The lowest BCUT2D eigenvalue weighted by molar-refractivity contribution is 0.711. The molecule has 0 spiro atoms. The van der Waals surface area contributed by atoms with Gasteiger partial charge in [-0.2, -0.15) is 11.3 Å². The van der Waals surface area contributed by atoms with Crippen molar-refractivity contribution in [2.24, 2.45) is 10.9 Å². The molecular formula is C12H18N2S. The number of rotatable bonds is 3. The lowest BCUT2D eigenvalue weighted by Crippen LogP contribution is -2.30. The SMILES string of the molecule is C[C@@H](Cc1ccsc1)C1=NCCCCN1. The van der Waals surface area contributed by atoms with Gasteiger partial charge >= 0.3 is 0 Å². The Hall–Kier alpha value is -0.830. The van der Waals surface area contributed by atoms with Gasteiger partial charge in [0.25, 0.3) is 0 Å². The maximum Gasteiger partial charge on any atom is 0.0994 e. The van der Waals surface area contributed by atoms with E-state index in [0.717, 1.165) is 19.5 Å². The van der Waals surface area contributed by atoms with Crippen LogP contribution in [-0.2, 0) is 6.42 Å². The van der Waals surface area contributed by atoms with E-state index in [1.165, 1.54) is 24.2 Å². The second kappa shape index (κ2) is 5.31. The molecule has 0 aliphatic carbocycles. The van der Waals surface area contributed by atoms with E-state index in [4.69, 9.17) is 0 Å². The van der Waals surface area contributed by atoms with Gasteiger partial charge in [0.1, 0.15) is 0 Å². The lowest BCUT2D eigenvalue weighted by atomic mass is 10.0. The van der Waals surface area contributed by atoms with Crippen LogP contribution in [0.25, 0.3) is 0 Å². The van der Waals surface area contributed by atoms with Crippen LogP contribution < -0.4 is 5.32 Å². The van der Waals surface area contributed by atoms with E-state index in [1.54, 1.807) is 11.3 Å². The van der Waals surface area contributed by atoms with Crippen LogP contribution in [0, 0.1) is 5.92 Å². The molecule has 1 N–H and O–H groups in total. The Morgan fingerprint density at radius 2 is 2.47 bits per heavy atom. The normalized spacial score (nSPS) is 18.9. The molecule has 3 heteroatoms. The summed E-state index contributed by atoms with van der Waals surface area (Å²) in [5.74, 6) is 1.73. The molecule has 1 aromatic rings. The van der Waals surface area contributed by atoms with E-state index < -0.39 is 0 Å². The van der Waals surface area contributed by atoms with Gasteiger partial charge in [0.05, 0.1) is 5.84 Å². The van der Waals surface area contributed by atoms with Crippen molar-refractivity contribution in [1.82, 2.24) is 5.32 Å². The van der Waals surface area contributed by atoms with Crippen LogP contribution in [0.5, 0.6) is 0 Å². The molecule has 2 nitrogen and oxygen atoms in total. The second-order valence-corrected chi connectivity index (χ2v) is 4.92. The minimum absolute atomic E-state index is 0.526. The fourth-order valence-corrected chi connectivity index (χ4v) is 2.58. The van der Waals surface area contributed by atoms with E-state index in [0.29, 0.717) is 5.92 Å². The number of nitrogens with one attached hydrogen (secondary N) is 1. The van der Waals surface area contributed by atoms with Crippen molar-refractivity contribution in [3.05, 3.63) is 22.4 Å². The summed E-state index contributed by atoms with van der Waals surface area (Å²) < 4.78 is 0. The Morgan fingerprint density at radius 1 is 1.53 bits per heavy atom. The Balaban J connectivity index is 1.94. The van der Waals surface area contributed by atoms with Gasteiger partial charge in [0.15, 0.2) is 0 Å². The number of nitrogens with zero attached hydrogens (tertiary/aromatic N) is 1. The maximum absolute atomic E-state index is 4.61. The van der Waals surface area contributed by atoms with Gasteiger partial charge in [0, 0.05) is 19.0 Å². The van der Waals surface area contributed by atoms with E-state index in [2.05, 4.69) is 34.1 Å². The Labute approximate surface area is 95.4 Å². The Morgan fingerprint density at radius 3 is 3.27 bits per heavy atom. The largest absolute Gasteiger partial charge is 0.374 e. The number of thiophene rings is 1. The summed E-state index contributed by atoms with van der Waals surface area (Å²) in [6.07, 6.45) is 3.58. The van der Waals surface area contributed by atoms with Crippen molar-refractivity contribution in [1.29, 1.82) is 0 Å². The number of aliphatic imine (C=N–C) groups is 1. The minimum atomic E-state index is 0.526. The van der Waals surface area contributed by atoms with Gasteiger partial charge in [-0.05, 0) is 41.7 Å². The molecule has 0 saturated heterocycles. The van der Waals surface area contributed by atoms with Gasteiger partial charge in [-0.3, -0.25) is 4.99 Å². The van der Waals surface area contributed by atoms with Gasteiger partial charge in [-0.25, -0.2) is 0 Å². The first-order valence-corrected chi connectivity index (χ1v) is 6.60. The first-order valence-electron chi connectivity index (χ1n) is 5.65. The highest BCUT2D eigenvalue weighted by molar-refractivity contribution is 7.07. The van der Waals surface area contributed by atoms with Gasteiger partial charge in [0.2, 0.25) is 0 Å². The molecular weight excluding hydrogens is 204 g/mol. The van der Waals surface area contributed by atoms with Crippen LogP contribution in [0.2, 0.25) is 0 Å².